The molecule has 2 nitrogen and oxygen atoms in total. The summed E-state index contributed by atoms with van der Waals surface area (Å²) in [7, 11) is 0. The Bertz CT molecular complexity index is 13.5. The van der Waals surface area contributed by atoms with Crippen LogP contribution >= 0.6 is 0 Å². The van der Waals surface area contributed by atoms with Crippen molar-refractivity contribution >= 4 is 45.6 Å². The molecule has 0 aromatic rings. The van der Waals surface area contributed by atoms with E-state index < -0.39 is 16.0 Å². The molecule has 19 valence electrons. The molecular weight excluding hydrogens is 130 g/mol. The Hall–Kier alpha value is 1.32. The number of rotatable bonds is 0. The predicted molar refractivity (Wildman–Crippen MR) is 14.4 cm³/mol. The standard InChI is InChI=1S/AsHO2.Na/c2-1-3;/h(H,2,3);. The van der Waals surface area contributed by atoms with Gasteiger partial charge in [0.25, 0.3) is 0 Å². The molecule has 0 aliphatic heterocycles. The Morgan fingerprint density at radius 1 is 1.75 bits per heavy atom. The van der Waals surface area contributed by atoms with Crippen molar-refractivity contribution in [2.45, 2.75) is 0 Å². The number of hydrogen-bond acceptors (Lipinski definition) is 1. The van der Waals surface area contributed by atoms with Gasteiger partial charge in [-0.05, 0) is 0 Å². The molecule has 0 aromatic heterocycles. The molecule has 0 aromatic carbocycles. The fourth-order valence-electron chi connectivity index (χ4n) is 0. The molecular formula is HAsNaO2. The zero-order valence-corrected chi connectivity index (χ0v) is 6.18. The fraction of sp³-hybridized carbons (Fsp3) is 0. The van der Waals surface area contributed by atoms with E-state index in [2.05, 4.69) is 0 Å². The van der Waals surface area contributed by atoms with E-state index in [1.807, 2.05) is 0 Å². The van der Waals surface area contributed by atoms with E-state index in [0.29, 0.717) is 0 Å². The third-order valence-electron chi connectivity index (χ3n) is 0. The van der Waals surface area contributed by atoms with Crippen LogP contribution in [-0.4, -0.2) is 49.7 Å². The summed E-state index contributed by atoms with van der Waals surface area (Å²) in [6.45, 7) is 0. The minimum atomic E-state index is -1.56. The molecule has 0 saturated heterocycles. The topological polar surface area (TPSA) is 37.3 Å². The predicted octanol–water partition coefficient (Wildman–Crippen LogP) is -1.44. The van der Waals surface area contributed by atoms with Crippen LogP contribution < -0.4 is 0 Å². The van der Waals surface area contributed by atoms with Crippen molar-refractivity contribution in [2.24, 2.45) is 0 Å². The average molecular weight is 131 g/mol. The van der Waals surface area contributed by atoms with E-state index in [4.69, 9.17) is 7.84 Å². The second kappa shape index (κ2) is 8.85. The summed E-state index contributed by atoms with van der Waals surface area (Å²) in [5.74, 6) is 0. The average Bonchev–Trinajstić information content (AvgIpc) is 0.918. The van der Waals surface area contributed by atoms with Crippen molar-refractivity contribution in [1.82, 2.24) is 0 Å². The Morgan fingerprint density at radius 2 is 1.75 bits per heavy atom. The van der Waals surface area contributed by atoms with Crippen LogP contribution in [0.1, 0.15) is 0 Å². The second-order valence-electron chi connectivity index (χ2n) is 0.0816. The van der Waals surface area contributed by atoms with Gasteiger partial charge in [-0.15, -0.1) is 0 Å². The molecule has 4 heavy (non-hydrogen) atoms. The molecule has 0 fully saturated rings. The normalized spacial score (nSPS) is 5.25. The molecule has 0 saturated carbocycles. The van der Waals surface area contributed by atoms with Crippen LogP contribution in [0.4, 0.5) is 0 Å². The van der Waals surface area contributed by atoms with Crippen LogP contribution in [0, 0.1) is 0 Å². The molecule has 0 unspecified atom stereocenters. The van der Waals surface area contributed by atoms with Gasteiger partial charge < -0.3 is 0 Å². The molecule has 1 radical (unpaired) electrons. The van der Waals surface area contributed by atoms with Crippen LogP contribution in [0.5, 0.6) is 0 Å². The minimum absolute atomic E-state index is 0. The summed E-state index contributed by atoms with van der Waals surface area (Å²) in [6, 6.07) is 0. The van der Waals surface area contributed by atoms with Crippen LogP contribution in [0.15, 0.2) is 0 Å². The number of hydrogen-bond donors (Lipinski definition) is 1. The summed E-state index contributed by atoms with van der Waals surface area (Å²) in [6.07, 6.45) is 0. The molecule has 0 heterocycles. The first-order valence-electron chi connectivity index (χ1n) is 0.383. The first kappa shape index (κ1) is 9.01. The van der Waals surface area contributed by atoms with Gasteiger partial charge in [0, 0.05) is 29.6 Å². The fourth-order valence-corrected chi connectivity index (χ4v) is 0. The largest absolute Gasteiger partial charge is 0 e. The van der Waals surface area contributed by atoms with Gasteiger partial charge >= 0.3 is 23.9 Å². The van der Waals surface area contributed by atoms with Gasteiger partial charge in [-0.2, -0.15) is 0 Å². The molecule has 0 rings (SSSR count). The minimum Gasteiger partial charge on any atom is 0 e. The van der Waals surface area contributed by atoms with E-state index in [9.17, 15) is 0 Å². The summed E-state index contributed by atoms with van der Waals surface area (Å²) in [5, 5.41) is 0. The zero-order valence-electron chi connectivity index (χ0n) is 2.30. The summed E-state index contributed by atoms with van der Waals surface area (Å²) < 4.78 is 15.7. The third kappa shape index (κ3) is 10.3. The Morgan fingerprint density at radius 3 is 1.75 bits per heavy atom. The second-order valence-corrected chi connectivity index (χ2v) is 0.424. The molecule has 0 aliphatic rings. The maximum absolute atomic E-state index is 8.58. The zero-order chi connectivity index (χ0) is 2.71. The molecule has 0 spiro atoms. The molecule has 0 amide bonds. The van der Waals surface area contributed by atoms with E-state index in [0.717, 1.165) is 0 Å². The molecule has 0 bridgehead atoms. The van der Waals surface area contributed by atoms with E-state index in [1.54, 1.807) is 0 Å². The van der Waals surface area contributed by atoms with Gasteiger partial charge in [-0.3, -0.25) is 0 Å². The Kier molecular flexibility index (Phi) is 19.9. The van der Waals surface area contributed by atoms with Crippen molar-refractivity contribution in [2.75, 3.05) is 0 Å². The summed E-state index contributed by atoms with van der Waals surface area (Å²) in [5.41, 5.74) is 0. The van der Waals surface area contributed by atoms with Crippen molar-refractivity contribution in [3.8, 4) is 0 Å². The molecule has 4 heteroatoms. The molecule has 0 atom stereocenters. The van der Waals surface area contributed by atoms with Crippen LogP contribution in [0.2, 0.25) is 0 Å². The van der Waals surface area contributed by atoms with Crippen molar-refractivity contribution in [3.63, 3.8) is 0 Å². The maximum atomic E-state index is 8.58. The van der Waals surface area contributed by atoms with Crippen LogP contribution in [0.25, 0.3) is 0 Å². The van der Waals surface area contributed by atoms with Gasteiger partial charge in [0.15, 0.2) is 0 Å². The van der Waals surface area contributed by atoms with E-state index in [-0.39, 0.29) is 29.6 Å². The van der Waals surface area contributed by atoms with Gasteiger partial charge in [-0.25, -0.2) is 0 Å². The van der Waals surface area contributed by atoms with Crippen LogP contribution in [0.3, 0.4) is 0 Å². The van der Waals surface area contributed by atoms with Gasteiger partial charge in [0.05, 0.1) is 0 Å². The summed E-state index contributed by atoms with van der Waals surface area (Å²) in [4.78, 5) is 0. The Labute approximate surface area is 53.1 Å². The quantitative estimate of drug-likeness (QED) is 0.409. The van der Waals surface area contributed by atoms with Gasteiger partial charge in [-0.1, -0.05) is 0 Å². The smallest absolute Gasteiger partial charge is 0 e. The maximum Gasteiger partial charge on any atom is 0 e. The van der Waals surface area contributed by atoms with Crippen molar-refractivity contribution in [1.29, 1.82) is 0 Å². The monoisotopic (exact) mass is 131 g/mol. The van der Waals surface area contributed by atoms with Crippen molar-refractivity contribution < 1.29 is 7.84 Å². The van der Waals surface area contributed by atoms with E-state index >= 15 is 0 Å². The van der Waals surface area contributed by atoms with Gasteiger partial charge in [0.2, 0.25) is 0 Å². The summed E-state index contributed by atoms with van der Waals surface area (Å²) >= 11 is -1.56. The SMILES string of the molecule is O=[As]O.[Na]. The van der Waals surface area contributed by atoms with Crippen molar-refractivity contribution in [3.05, 3.63) is 0 Å². The first-order chi connectivity index (χ1) is 1.41. The Balaban J connectivity index is 0. The van der Waals surface area contributed by atoms with Gasteiger partial charge in [0.1, 0.15) is 0 Å². The van der Waals surface area contributed by atoms with Crippen LogP contribution in [-0.2, 0) is 3.74 Å². The molecule has 1 N–H and O–H groups in total. The van der Waals surface area contributed by atoms with E-state index in [1.165, 1.54) is 0 Å². The third-order valence-corrected chi connectivity index (χ3v) is 0. The molecule has 0 aliphatic carbocycles. The first-order valence-corrected chi connectivity index (χ1v) is 1.99.